The number of carbonyl (C=O) groups is 1. The first kappa shape index (κ1) is 17.3. The van der Waals surface area contributed by atoms with Crippen molar-refractivity contribution in [1.29, 1.82) is 0 Å². The minimum Gasteiger partial charge on any atom is -0.497 e. The highest BCUT2D eigenvalue weighted by atomic mass is 16.5. The van der Waals surface area contributed by atoms with Gasteiger partial charge in [-0.25, -0.2) is 5.43 Å². The third-order valence-corrected chi connectivity index (χ3v) is 3.10. The number of amides is 1. The maximum atomic E-state index is 11.6. The van der Waals surface area contributed by atoms with Crippen molar-refractivity contribution in [2.45, 2.75) is 6.42 Å². The largest absolute Gasteiger partial charge is 0.497 e. The standard InChI is InChI=1S/C19H20N2O3/c1-23-17-9-11-18(12-10-17)24-15-13-19(22)21-20-14-5-8-16-6-3-2-4-7-16/h2-12,14H,13,15H2,1H3,(H,21,22)/b8-5+,20-14-. The second-order valence-electron chi connectivity index (χ2n) is 4.86. The molecule has 0 aliphatic heterocycles. The Hall–Kier alpha value is -3.08. The van der Waals surface area contributed by atoms with Gasteiger partial charge in [0.05, 0.1) is 20.1 Å². The summed E-state index contributed by atoms with van der Waals surface area (Å²) in [6.07, 6.45) is 5.44. The Kier molecular flexibility index (Phi) is 7.08. The van der Waals surface area contributed by atoms with Crippen LogP contribution in [0.15, 0.2) is 65.8 Å². The number of hydrogen-bond acceptors (Lipinski definition) is 4. The summed E-state index contributed by atoms with van der Waals surface area (Å²) in [6, 6.07) is 17.0. The number of nitrogens with one attached hydrogen (secondary N) is 1. The van der Waals surface area contributed by atoms with E-state index < -0.39 is 0 Å². The summed E-state index contributed by atoms with van der Waals surface area (Å²) in [7, 11) is 1.61. The first-order chi connectivity index (χ1) is 11.8. The third-order valence-electron chi connectivity index (χ3n) is 3.10. The van der Waals surface area contributed by atoms with Crippen LogP contribution in [0.2, 0.25) is 0 Å². The summed E-state index contributed by atoms with van der Waals surface area (Å²) in [4.78, 5) is 11.6. The second-order valence-corrected chi connectivity index (χ2v) is 4.86. The van der Waals surface area contributed by atoms with Crippen molar-refractivity contribution < 1.29 is 14.3 Å². The first-order valence-corrected chi connectivity index (χ1v) is 7.58. The number of methoxy groups -OCH3 is 1. The van der Waals surface area contributed by atoms with Crippen molar-refractivity contribution in [2.75, 3.05) is 13.7 Å². The van der Waals surface area contributed by atoms with Gasteiger partial charge in [-0.1, -0.05) is 36.4 Å². The minimum atomic E-state index is -0.201. The SMILES string of the molecule is COc1ccc(OCCC(=O)N/N=C\C=C\c2ccccc2)cc1. The molecule has 0 saturated carbocycles. The van der Waals surface area contributed by atoms with E-state index in [1.54, 1.807) is 37.5 Å². The number of rotatable bonds is 8. The molecule has 0 saturated heterocycles. The Morgan fingerprint density at radius 1 is 1.08 bits per heavy atom. The van der Waals surface area contributed by atoms with Gasteiger partial charge in [0.25, 0.3) is 0 Å². The van der Waals surface area contributed by atoms with E-state index in [0.29, 0.717) is 5.75 Å². The summed E-state index contributed by atoms with van der Waals surface area (Å²) in [5, 5.41) is 3.85. The van der Waals surface area contributed by atoms with Crippen molar-refractivity contribution in [2.24, 2.45) is 5.10 Å². The fourth-order valence-electron chi connectivity index (χ4n) is 1.86. The van der Waals surface area contributed by atoms with Gasteiger partial charge in [-0.2, -0.15) is 5.10 Å². The first-order valence-electron chi connectivity index (χ1n) is 7.58. The Morgan fingerprint density at radius 3 is 2.50 bits per heavy atom. The van der Waals surface area contributed by atoms with Gasteiger partial charge in [0.15, 0.2) is 0 Å². The highest BCUT2D eigenvalue weighted by Crippen LogP contribution is 2.16. The number of hydrogen-bond donors (Lipinski definition) is 1. The molecule has 0 aliphatic carbocycles. The van der Waals surface area contributed by atoms with Crippen molar-refractivity contribution in [3.63, 3.8) is 0 Å². The van der Waals surface area contributed by atoms with Crippen molar-refractivity contribution >= 4 is 18.2 Å². The zero-order valence-corrected chi connectivity index (χ0v) is 13.5. The van der Waals surface area contributed by atoms with Crippen LogP contribution in [0.1, 0.15) is 12.0 Å². The Labute approximate surface area is 141 Å². The molecule has 0 fully saturated rings. The topological polar surface area (TPSA) is 59.9 Å². The lowest BCUT2D eigenvalue weighted by atomic mass is 10.2. The Bertz CT molecular complexity index is 680. The number of benzene rings is 2. The predicted octanol–water partition coefficient (Wildman–Crippen LogP) is 3.28. The molecule has 5 heteroatoms. The molecule has 0 spiro atoms. The maximum absolute atomic E-state index is 11.6. The van der Waals surface area contributed by atoms with E-state index >= 15 is 0 Å². The van der Waals surface area contributed by atoms with E-state index in [1.807, 2.05) is 36.4 Å². The van der Waals surface area contributed by atoms with E-state index in [1.165, 1.54) is 6.21 Å². The van der Waals surface area contributed by atoms with Crippen molar-refractivity contribution in [3.05, 3.63) is 66.2 Å². The second kappa shape index (κ2) is 9.84. The molecule has 0 unspecified atom stereocenters. The molecule has 2 aromatic rings. The van der Waals surface area contributed by atoms with Crippen LogP contribution in [-0.4, -0.2) is 25.8 Å². The molecule has 24 heavy (non-hydrogen) atoms. The minimum absolute atomic E-state index is 0.201. The zero-order chi connectivity index (χ0) is 17.0. The van der Waals surface area contributed by atoms with Gasteiger partial charge in [-0.05, 0) is 35.9 Å². The number of nitrogens with zero attached hydrogens (tertiary/aromatic N) is 1. The van der Waals surface area contributed by atoms with Gasteiger partial charge >= 0.3 is 0 Å². The fraction of sp³-hybridized carbons (Fsp3) is 0.158. The molecule has 1 N–H and O–H groups in total. The molecule has 2 aromatic carbocycles. The molecule has 2 rings (SSSR count). The van der Waals surface area contributed by atoms with Gasteiger partial charge in [-0.15, -0.1) is 0 Å². The van der Waals surface area contributed by atoms with Crippen molar-refractivity contribution in [3.8, 4) is 11.5 Å². The van der Waals surface area contributed by atoms with Gasteiger partial charge in [-0.3, -0.25) is 4.79 Å². The maximum Gasteiger partial charge on any atom is 0.243 e. The lowest BCUT2D eigenvalue weighted by Crippen LogP contribution is -2.19. The number of hydrazone groups is 1. The fourth-order valence-corrected chi connectivity index (χ4v) is 1.86. The molecule has 5 nitrogen and oxygen atoms in total. The number of ether oxygens (including phenoxy) is 2. The molecule has 0 aromatic heterocycles. The summed E-state index contributed by atoms with van der Waals surface area (Å²) < 4.78 is 10.5. The molecular weight excluding hydrogens is 304 g/mol. The molecular formula is C19H20N2O3. The summed E-state index contributed by atoms with van der Waals surface area (Å²) in [5.41, 5.74) is 3.53. The predicted molar refractivity (Wildman–Crippen MR) is 95.2 cm³/mol. The van der Waals surface area contributed by atoms with Crippen LogP contribution in [0.5, 0.6) is 11.5 Å². The highest BCUT2D eigenvalue weighted by Gasteiger charge is 2.00. The van der Waals surface area contributed by atoms with Gasteiger partial charge in [0, 0.05) is 6.21 Å². The Morgan fingerprint density at radius 2 is 1.79 bits per heavy atom. The summed E-state index contributed by atoms with van der Waals surface area (Å²) >= 11 is 0. The molecule has 0 aliphatic rings. The lowest BCUT2D eigenvalue weighted by molar-refractivity contribution is -0.121. The zero-order valence-electron chi connectivity index (χ0n) is 13.5. The van der Waals surface area contributed by atoms with Crippen LogP contribution >= 0.6 is 0 Å². The van der Waals surface area contributed by atoms with Crippen molar-refractivity contribution in [1.82, 2.24) is 5.43 Å². The van der Waals surface area contributed by atoms with Crippen LogP contribution in [0, 0.1) is 0 Å². The average molecular weight is 324 g/mol. The highest BCUT2D eigenvalue weighted by molar-refractivity contribution is 5.81. The van der Waals surface area contributed by atoms with Crippen LogP contribution in [0.25, 0.3) is 6.08 Å². The van der Waals surface area contributed by atoms with E-state index in [4.69, 9.17) is 9.47 Å². The summed E-state index contributed by atoms with van der Waals surface area (Å²) in [6.45, 7) is 0.285. The molecule has 124 valence electrons. The van der Waals surface area contributed by atoms with E-state index in [0.717, 1.165) is 11.3 Å². The molecule has 0 heterocycles. The van der Waals surface area contributed by atoms with Gasteiger partial charge in [0.1, 0.15) is 11.5 Å². The summed E-state index contributed by atoms with van der Waals surface area (Å²) in [5.74, 6) is 1.25. The Balaban J connectivity index is 1.64. The van der Waals surface area contributed by atoms with E-state index in [-0.39, 0.29) is 18.9 Å². The van der Waals surface area contributed by atoms with Crippen LogP contribution in [-0.2, 0) is 4.79 Å². The lowest BCUT2D eigenvalue weighted by Gasteiger charge is -2.06. The van der Waals surface area contributed by atoms with Crippen LogP contribution < -0.4 is 14.9 Å². The number of allylic oxidation sites excluding steroid dienone is 1. The van der Waals surface area contributed by atoms with E-state index in [9.17, 15) is 4.79 Å². The van der Waals surface area contributed by atoms with E-state index in [2.05, 4.69) is 10.5 Å². The van der Waals surface area contributed by atoms with Crippen LogP contribution in [0.3, 0.4) is 0 Å². The number of carbonyl (C=O) groups excluding carboxylic acids is 1. The smallest absolute Gasteiger partial charge is 0.243 e. The molecule has 1 amide bonds. The normalized spacial score (nSPS) is 10.9. The molecule has 0 bridgehead atoms. The van der Waals surface area contributed by atoms with Gasteiger partial charge in [0.2, 0.25) is 5.91 Å². The monoisotopic (exact) mass is 324 g/mol. The van der Waals surface area contributed by atoms with Crippen LogP contribution in [0.4, 0.5) is 0 Å². The molecule has 0 atom stereocenters. The molecule has 0 radical (unpaired) electrons. The quantitative estimate of drug-likeness (QED) is 0.599. The average Bonchev–Trinajstić information content (AvgIpc) is 2.63. The van der Waals surface area contributed by atoms with Gasteiger partial charge < -0.3 is 9.47 Å². The third kappa shape index (κ3) is 6.36.